The number of hydrogen-bond donors (Lipinski definition) is 0. The van der Waals surface area contributed by atoms with Crippen LogP contribution in [-0.4, -0.2) is 15.0 Å². The summed E-state index contributed by atoms with van der Waals surface area (Å²) in [6.07, 6.45) is 5.21. The van der Waals surface area contributed by atoms with Gasteiger partial charge in [0.05, 0.1) is 11.3 Å². The summed E-state index contributed by atoms with van der Waals surface area (Å²) in [5.74, 6) is 0.659. The van der Waals surface area contributed by atoms with Gasteiger partial charge in [0, 0.05) is 34.5 Å². The van der Waals surface area contributed by atoms with Gasteiger partial charge in [-0.15, -0.1) is 11.3 Å². The van der Waals surface area contributed by atoms with Gasteiger partial charge in [0.25, 0.3) is 0 Å². The molecule has 0 amide bonds. The van der Waals surface area contributed by atoms with E-state index < -0.39 is 0 Å². The van der Waals surface area contributed by atoms with Gasteiger partial charge in [-0.25, -0.2) is 15.0 Å². The van der Waals surface area contributed by atoms with E-state index in [1.807, 2.05) is 66.0 Å². The van der Waals surface area contributed by atoms with Crippen LogP contribution in [0.25, 0.3) is 34.3 Å². The quantitative estimate of drug-likeness (QED) is 0.458. The average Bonchev–Trinajstić information content (AvgIpc) is 3.24. The van der Waals surface area contributed by atoms with E-state index in [1.54, 1.807) is 18.5 Å². The number of allylic oxidation sites excluding steroid dienone is 1. The monoisotopic (exact) mass is 366 g/mol. The van der Waals surface area contributed by atoms with Gasteiger partial charge in [0.1, 0.15) is 11.1 Å². The summed E-state index contributed by atoms with van der Waals surface area (Å²) in [5, 5.41) is 12.2. The number of aromatic nitrogens is 3. The average molecular weight is 366 g/mol. The Kier molecular flexibility index (Phi) is 4.82. The molecule has 0 saturated heterocycles. The molecule has 0 aliphatic carbocycles. The van der Waals surface area contributed by atoms with Crippen molar-refractivity contribution in [2.24, 2.45) is 0 Å². The van der Waals surface area contributed by atoms with Crippen molar-refractivity contribution in [1.29, 1.82) is 5.26 Å². The van der Waals surface area contributed by atoms with E-state index in [4.69, 9.17) is 0 Å². The molecule has 0 saturated carbocycles. The minimum Gasteiger partial charge on any atom is -0.236 e. The molecule has 4 nitrogen and oxygen atoms in total. The summed E-state index contributed by atoms with van der Waals surface area (Å²) < 4.78 is 0. The maximum absolute atomic E-state index is 9.56. The number of nitrogens with zero attached hydrogens (tertiary/aromatic N) is 4. The SMILES string of the molecule is N#CC(=Cc1cnc(-c2ccccc2)nc1)c1nc(-c2ccccc2)cs1. The molecule has 128 valence electrons. The van der Waals surface area contributed by atoms with E-state index in [2.05, 4.69) is 21.0 Å². The normalized spacial score (nSPS) is 11.1. The molecule has 2 aromatic carbocycles. The van der Waals surface area contributed by atoms with E-state index in [-0.39, 0.29) is 0 Å². The van der Waals surface area contributed by atoms with Crippen LogP contribution in [0.2, 0.25) is 0 Å². The lowest BCUT2D eigenvalue weighted by Crippen LogP contribution is -1.89. The molecule has 4 aromatic rings. The predicted octanol–water partition coefficient (Wildman–Crippen LogP) is 5.33. The number of hydrogen-bond acceptors (Lipinski definition) is 5. The molecular weight excluding hydrogens is 352 g/mol. The van der Waals surface area contributed by atoms with Crippen molar-refractivity contribution in [3.8, 4) is 28.7 Å². The van der Waals surface area contributed by atoms with Gasteiger partial charge in [-0.05, 0) is 6.08 Å². The Morgan fingerprint density at radius 2 is 1.52 bits per heavy atom. The van der Waals surface area contributed by atoms with Crippen LogP contribution in [0, 0.1) is 11.3 Å². The molecule has 0 N–H and O–H groups in total. The fourth-order valence-corrected chi connectivity index (χ4v) is 3.39. The Labute approximate surface area is 161 Å². The standard InChI is InChI=1S/C22H14N4S/c23-12-19(22-26-20(15-27-22)17-7-3-1-4-8-17)11-16-13-24-21(25-14-16)18-9-5-2-6-10-18/h1-11,13-15H. The second-order valence-corrected chi connectivity index (χ2v) is 6.64. The van der Waals surface area contributed by atoms with Crippen LogP contribution in [-0.2, 0) is 0 Å². The molecule has 0 aliphatic rings. The summed E-state index contributed by atoms with van der Waals surface area (Å²) in [6, 6.07) is 21.9. The third-order valence-corrected chi connectivity index (χ3v) is 4.81. The highest BCUT2D eigenvalue weighted by Gasteiger charge is 2.09. The van der Waals surface area contributed by atoms with Gasteiger partial charge in [-0.2, -0.15) is 5.26 Å². The van der Waals surface area contributed by atoms with E-state index >= 15 is 0 Å². The molecule has 4 rings (SSSR count). The van der Waals surface area contributed by atoms with Crippen molar-refractivity contribution in [1.82, 2.24) is 15.0 Å². The maximum Gasteiger partial charge on any atom is 0.159 e. The summed E-state index contributed by atoms with van der Waals surface area (Å²) in [5.41, 5.74) is 4.13. The molecule has 0 unspecified atom stereocenters. The Hall–Kier alpha value is -3.62. The second-order valence-electron chi connectivity index (χ2n) is 5.78. The van der Waals surface area contributed by atoms with E-state index in [0.717, 1.165) is 22.4 Å². The van der Waals surface area contributed by atoms with Gasteiger partial charge in [0.15, 0.2) is 5.82 Å². The number of benzene rings is 2. The number of thiazole rings is 1. The fraction of sp³-hybridized carbons (Fsp3) is 0. The van der Waals surface area contributed by atoms with Crippen molar-refractivity contribution < 1.29 is 0 Å². The van der Waals surface area contributed by atoms with Crippen molar-refractivity contribution in [2.45, 2.75) is 0 Å². The summed E-state index contributed by atoms with van der Waals surface area (Å²) in [6.45, 7) is 0. The van der Waals surface area contributed by atoms with Crippen LogP contribution in [0.1, 0.15) is 10.6 Å². The smallest absolute Gasteiger partial charge is 0.159 e. The Morgan fingerprint density at radius 1 is 0.889 bits per heavy atom. The third-order valence-electron chi connectivity index (χ3n) is 3.94. The van der Waals surface area contributed by atoms with Gasteiger partial charge in [-0.3, -0.25) is 0 Å². The number of rotatable bonds is 4. The molecule has 0 aliphatic heterocycles. The second kappa shape index (κ2) is 7.73. The highest BCUT2D eigenvalue weighted by molar-refractivity contribution is 7.11. The van der Waals surface area contributed by atoms with Gasteiger partial charge < -0.3 is 0 Å². The van der Waals surface area contributed by atoms with Crippen molar-refractivity contribution in [3.63, 3.8) is 0 Å². The molecule has 27 heavy (non-hydrogen) atoms. The van der Waals surface area contributed by atoms with E-state index in [0.29, 0.717) is 16.4 Å². The Balaban J connectivity index is 1.61. The minimum absolute atomic E-state index is 0.498. The first-order valence-electron chi connectivity index (χ1n) is 8.34. The van der Waals surface area contributed by atoms with Crippen LogP contribution >= 0.6 is 11.3 Å². The minimum atomic E-state index is 0.498. The van der Waals surface area contributed by atoms with Crippen molar-refractivity contribution in [3.05, 3.63) is 89.0 Å². The molecule has 0 bridgehead atoms. The van der Waals surface area contributed by atoms with Gasteiger partial charge in [-0.1, -0.05) is 60.7 Å². The van der Waals surface area contributed by atoms with Crippen LogP contribution in [0.15, 0.2) is 78.4 Å². The third kappa shape index (κ3) is 3.81. The first-order chi connectivity index (χ1) is 13.3. The highest BCUT2D eigenvalue weighted by atomic mass is 32.1. The molecule has 0 fully saturated rings. The zero-order valence-corrected chi connectivity index (χ0v) is 15.1. The summed E-state index contributed by atoms with van der Waals surface area (Å²) >= 11 is 1.45. The predicted molar refractivity (Wildman–Crippen MR) is 109 cm³/mol. The molecule has 5 heteroatoms. The largest absolute Gasteiger partial charge is 0.236 e. The van der Waals surface area contributed by atoms with Crippen LogP contribution < -0.4 is 0 Å². The molecule has 2 heterocycles. The molecule has 0 spiro atoms. The highest BCUT2D eigenvalue weighted by Crippen LogP contribution is 2.27. The molecular formula is C22H14N4S. The zero-order valence-electron chi connectivity index (χ0n) is 14.3. The zero-order chi connectivity index (χ0) is 18.5. The summed E-state index contributed by atoms with van der Waals surface area (Å²) in [4.78, 5) is 13.4. The lowest BCUT2D eigenvalue weighted by atomic mass is 10.1. The first kappa shape index (κ1) is 16.8. The molecule has 2 aromatic heterocycles. The van der Waals surface area contributed by atoms with Crippen molar-refractivity contribution >= 4 is 23.0 Å². The maximum atomic E-state index is 9.56. The van der Waals surface area contributed by atoms with E-state index in [9.17, 15) is 5.26 Å². The molecule has 0 radical (unpaired) electrons. The van der Waals surface area contributed by atoms with E-state index in [1.165, 1.54) is 11.3 Å². The molecule has 0 atom stereocenters. The van der Waals surface area contributed by atoms with Crippen molar-refractivity contribution in [2.75, 3.05) is 0 Å². The fourth-order valence-electron chi connectivity index (χ4n) is 2.60. The Morgan fingerprint density at radius 3 is 2.15 bits per heavy atom. The lowest BCUT2D eigenvalue weighted by molar-refractivity contribution is 1.17. The first-order valence-corrected chi connectivity index (χ1v) is 9.22. The van der Waals surface area contributed by atoms with Crippen LogP contribution in [0.4, 0.5) is 0 Å². The topological polar surface area (TPSA) is 62.5 Å². The van der Waals surface area contributed by atoms with Crippen LogP contribution in [0.3, 0.4) is 0 Å². The lowest BCUT2D eigenvalue weighted by Gasteiger charge is -2.00. The van der Waals surface area contributed by atoms with Gasteiger partial charge in [0.2, 0.25) is 0 Å². The Bertz CT molecular complexity index is 1110. The number of nitriles is 1. The summed E-state index contributed by atoms with van der Waals surface area (Å²) in [7, 11) is 0. The van der Waals surface area contributed by atoms with Crippen LogP contribution in [0.5, 0.6) is 0 Å². The van der Waals surface area contributed by atoms with Gasteiger partial charge >= 0.3 is 0 Å².